The fraction of sp³-hybridized carbons (Fsp3) is 0.810. The second-order valence-corrected chi connectivity index (χ2v) is 8.56. The highest BCUT2D eigenvalue weighted by molar-refractivity contribution is 5.08. The van der Waals surface area contributed by atoms with Crippen molar-refractivity contribution in [1.29, 1.82) is 0 Å². The first-order valence-corrected chi connectivity index (χ1v) is 10.6. The fourth-order valence-corrected chi connectivity index (χ4v) is 5.27. The molecule has 0 radical (unpaired) electrons. The van der Waals surface area contributed by atoms with Gasteiger partial charge in [-0.15, -0.1) is 0 Å². The Kier molecular flexibility index (Phi) is 6.11. The molecule has 0 aliphatic carbocycles. The maximum Gasteiger partial charge on any atom is 0.0517 e. The minimum absolute atomic E-state index is 0.758. The predicted octanol–water partition coefficient (Wildman–Crippen LogP) is 2.70. The first-order valence-electron chi connectivity index (χ1n) is 10.6. The summed E-state index contributed by atoms with van der Waals surface area (Å²) in [5.41, 5.74) is 1.65. The molecule has 0 spiro atoms. The number of piperidine rings is 1. The molecule has 4 nitrogen and oxygen atoms in total. The molecular formula is C21H36N4. The molecule has 2 fully saturated rings. The van der Waals surface area contributed by atoms with Crippen molar-refractivity contribution in [3.8, 4) is 0 Å². The van der Waals surface area contributed by atoms with Crippen LogP contribution in [-0.4, -0.2) is 61.3 Å². The molecule has 3 unspecified atom stereocenters. The van der Waals surface area contributed by atoms with E-state index in [9.17, 15) is 0 Å². The first kappa shape index (κ1) is 17.6. The zero-order chi connectivity index (χ0) is 16.9. The van der Waals surface area contributed by atoms with Crippen molar-refractivity contribution >= 4 is 0 Å². The first-order chi connectivity index (χ1) is 12.4. The molecule has 2 N–H and O–H groups in total. The van der Waals surface area contributed by atoms with Gasteiger partial charge in [0.25, 0.3) is 0 Å². The minimum atomic E-state index is 0.758. The average Bonchev–Trinajstić information content (AvgIpc) is 3.29. The average molecular weight is 345 g/mol. The van der Waals surface area contributed by atoms with Gasteiger partial charge in [-0.2, -0.15) is 0 Å². The normalized spacial score (nSPS) is 34.2. The maximum absolute atomic E-state index is 3.62. The highest BCUT2D eigenvalue weighted by Gasteiger charge is 2.36. The Morgan fingerprint density at radius 3 is 2.64 bits per heavy atom. The SMILES string of the molecule is C1=CCN(CN2C(CC3=CNCCC3)CCC2CC2CCCNC2)C1. The summed E-state index contributed by atoms with van der Waals surface area (Å²) in [7, 11) is 0. The monoisotopic (exact) mass is 344 g/mol. The Balaban J connectivity index is 1.39. The number of rotatable bonds is 6. The predicted molar refractivity (Wildman–Crippen MR) is 104 cm³/mol. The molecule has 4 aliphatic heterocycles. The van der Waals surface area contributed by atoms with Crippen LogP contribution in [0.4, 0.5) is 0 Å². The summed E-state index contributed by atoms with van der Waals surface area (Å²) in [5, 5.41) is 7.08. The summed E-state index contributed by atoms with van der Waals surface area (Å²) < 4.78 is 0. The summed E-state index contributed by atoms with van der Waals surface area (Å²) in [4.78, 5) is 5.50. The highest BCUT2D eigenvalue weighted by atomic mass is 15.3. The van der Waals surface area contributed by atoms with Crippen molar-refractivity contribution in [2.75, 3.05) is 39.4 Å². The highest BCUT2D eigenvalue weighted by Crippen LogP contribution is 2.34. The van der Waals surface area contributed by atoms with Gasteiger partial charge in [-0.1, -0.05) is 17.7 Å². The summed E-state index contributed by atoms with van der Waals surface area (Å²) in [5.74, 6) is 0.896. The van der Waals surface area contributed by atoms with E-state index in [0.717, 1.165) is 37.6 Å². The number of nitrogens with one attached hydrogen (secondary N) is 2. The van der Waals surface area contributed by atoms with Crippen molar-refractivity contribution < 1.29 is 0 Å². The van der Waals surface area contributed by atoms with Crippen LogP contribution in [0, 0.1) is 5.92 Å². The zero-order valence-electron chi connectivity index (χ0n) is 15.8. The van der Waals surface area contributed by atoms with Crippen molar-refractivity contribution in [3.05, 3.63) is 23.9 Å². The Labute approximate surface area is 153 Å². The van der Waals surface area contributed by atoms with Crippen LogP contribution in [0.5, 0.6) is 0 Å². The third kappa shape index (κ3) is 4.66. The van der Waals surface area contributed by atoms with E-state index in [2.05, 4.69) is 38.8 Å². The van der Waals surface area contributed by atoms with E-state index in [0.29, 0.717) is 0 Å². The van der Waals surface area contributed by atoms with E-state index < -0.39 is 0 Å². The lowest BCUT2D eigenvalue weighted by Crippen LogP contribution is -2.45. The second kappa shape index (κ2) is 8.70. The van der Waals surface area contributed by atoms with Crippen molar-refractivity contribution in [1.82, 2.24) is 20.4 Å². The van der Waals surface area contributed by atoms with Crippen LogP contribution < -0.4 is 10.6 Å². The van der Waals surface area contributed by atoms with E-state index in [4.69, 9.17) is 0 Å². The minimum Gasteiger partial charge on any atom is -0.391 e. The second-order valence-electron chi connectivity index (χ2n) is 8.56. The molecule has 3 atom stereocenters. The van der Waals surface area contributed by atoms with E-state index in [-0.39, 0.29) is 0 Å². The van der Waals surface area contributed by atoms with Crippen molar-refractivity contribution in [3.63, 3.8) is 0 Å². The van der Waals surface area contributed by atoms with Crippen LogP contribution in [0.3, 0.4) is 0 Å². The molecule has 25 heavy (non-hydrogen) atoms. The third-order valence-corrected chi connectivity index (χ3v) is 6.66. The smallest absolute Gasteiger partial charge is 0.0517 e. The van der Waals surface area contributed by atoms with Crippen LogP contribution in [-0.2, 0) is 0 Å². The standard InChI is InChI=1S/C21H36N4/c1-2-12-24(11-1)17-25-20(13-18-5-3-9-22-15-18)7-8-21(25)14-19-6-4-10-23-16-19/h1-2,15,19-23H,3-14,16-17H2. The van der Waals surface area contributed by atoms with E-state index >= 15 is 0 Å². The van der Waals surface area contributed by atoms with Gasteiger partial charge in [0.05, 0.1) is 6.67 Å². The summed E-state index contributed by atoms with van der Waals surface area (Å²) in [6, 6.07) is 1.56. The molecule has 0 aromatic rings. The molecule has 0 saturated carbocycles. The molecule has 2 saturated heterocycles. The molecular weight excluding hydrogens is 308 g/mol. The van der Waals surface area contributed by atoms with Gasteiger partial charge in [0.1, 0.15) is 0 Å². The maximum atomic E-state index is 3.62. The lowest BCUT2D eigenvalue weighted by atomic mass is 9.91. The van der Waals surface area contributed by atoms with Crippen LogP contribution in [0.15, 0.2) is 23.9 Å². The van der Waals surface area contributed by atoms with E-state index in [1.165, 1.54) is 71.1 Å². The van der Waals surface area contributed by atoms with Crippen LogP contribution in [0.1, 0.15) is 51.4 Å². The summed E-state index contributed by atoms with van der Waals surface area (Å²) >= 11 is 0. The number of hydrogen-bond acceptors (Lipinski definition) is 4. The lowest BCUT2D eigenvalue weighted by Gasteiger charge is -2.36. The Morgan fingerprint density at radius 1 is 1.00 bits per heavy atom. The van der Waals surface area contributed by atoms with Gasteiger partial charge in [-0.05, 0) is 76.6 Å². The van der Waals surface area contributed by atoms with E-state index in [1.807, 2.05) is 0 Å². The molecule has 4 heterocycles. The Bertz CT molecular complexity index is 472. The molecule has 0 bridgehead atoms. The Morgan fingerprint density at radius 2 is 1.88 bits per heavy atom. The number of hydrogen-bond donors (Lipinski definition) is 2. The largest absolute Gasteiger partial charge is 0.391 e. The molecule has 4 heteroatoms. The molecule has 140 valence electrons. The fourth-order valence-electron chi connectivity index (χ4n) is 5.27. The van der Waals surface area contributed by atoms with Crippen LogP contribution in [0.25, 0.3) is 0 Å². The quantitative estimate of drug-likeness (QED) is 0.725. The lowest BCUT2D eigenvalue weighted by molar-refractivity contribution is 0.0912. The summed E-state index contributed by atoms with van der Waals surface area (Å²) in [6.07, 6.45) is 17.9. The van der Waals surface area contributed by atoms with Gasteiger partial charge >= 0.3 is 0 Å². The Hall–Kier alpha value is -0.840. The summed E-state index contributed by atoms with van der Waals surface area (Å²) in [6.45, 7) is 7.09. The van der Waals surface area contributed by atoms with Crippen LogP contribution in [0.2, 0.25) is 0 Å². The van der Waals surface area contributed by atoms with Crippen molar-refractivity contribution in [2.24, 2.45) is 5.92 Å². The number of nitrogens with zero attached hydrogens (tertiary/aromatic N) is 2. The van der Waals surface area contributed by atoms with Crippen LogP contribution >= 0.6 is 0 Å². The zero-order valence-corrected chi connectivity index (χ0v) is 15.8. The molecule has 0 aromatic carbocycles. The number of likely N-dealkylation sites (tertiary alicyclic amines) is 1. The molecule has 0 aromatic heterocycles. The third-order valence-electron chi connectivity index (χ3n) is 6.66. The van der Waals surface area contributed by atoms with Gasteiger partial charge in [-0.3, -0.25) is 9.80 Å². The van der Waals surface area contributed by atoms with Crippen molar-refractivity contribution in [2.45, 2.75) is 63.5 Å². The van der Waals surface area contributed by atoms with Gasteiger partial charge in [-0.25, -0.2) is 0 Å². The molecule has 4 rings (SSSR count). The molecule has 0 amide bonds. The van der Waals surface area contributed by atoms with Gasteiger partial charge in [0, 0.05) is 31.7 Å². The van der Waals surface area contributed by atoms with Gasteiger partial charge in [0.15, 0.2) is 0 Å². The van der Waals surface area contributed by atoms with Gasteiger partial charge < -0.3 is 10.6 Å². The molecule has 4 aliphatic rings. The topological polar surface area (TPSA) is 30.5 Å². The van der Waals surface area contributed by atoms with Gasteiger partial charge in [0.2, 0.25) is 0 Å². The van der Waals surface area contributed by atoms with E-state index in [1.54, 1.807) is 5.57 Å².